The Morgan fingerprint density at radius 2 is 2.12 bits per heavy atom. The summed E-state index contributed by atoms with van der Waals surface area (Å²) in [6, 6.07) is 7.97. The lowest BCUT2D eigenvalue weighted by Crippen LogP contribution is -2.36. The molecule has 1 aromatic heterocycles. The number of nitrogens with one attached hydrogen (secondary N) is 1. The van der Waals surface area contributed by atoms with E-state index in [1.165, 1.54) is 0 Å². The van der Waals surface area contributed by atoms with Crippen molar-refractivity contribution in [1.82, 2.24) is 9.88 Å². The molecule has 0 saturated heterocycles. The van der Waals surface area contributed by atoms with Crippen LogP contribution in [0, 0.1) is 0 Å². The Labute approximate surface area is 101 Å². The average Bonchev–Trinajstić information content (AvgIpc) is 2.76. The van der Waals surface area contributed by atoms with E-state index in [2.05, 4.69) is 4.98 Å². The number of amides is 1. The molecule has 0 aliphatic rings. The summed E-state index contributed by atoms with van der Waals surface area (Å²) in [4.78, 5) is 17.4. The number of aromatic nitrogens is 1. The first kappa shape index (κ1) is 11.7. The fourth-order valence-electron chi connectivity index (χ4n) is 2.17. The number of nitrogens with zero attached hydrogens (tertiary/aromatic N) is 1. The highest BCUT2D eigenvalue weighted by Gasteiger charge is 2.18. The van der Waals surface area contributed by atoms with Gasteiger partial charge in [-0.05, 0) is 39.0 Å². The van der Waals surface area contributed by atoms with E-state index in [-0.39, 0.29) is 11.9 Å². The Hall–Kier alpha value is -1.77. The van der Waals surface area contributed by atoms with Gasteiger partial charge in [0.05, 0.1) is 0 Å². The van der Waals surface area contributed by atoms with Gasteiger partial charge in [-0.1, -0.05) is 6.07 Å². The number of hydrogen-bond acceptors (Lipinski definition) is 1. The van der Waals surface area contributed by atoms with Crippen molar-refractivity contribution in [3.05, 3.63) is 36.0 Å². The lowest BCUT2D eigenvalue weighted by molar-refractivity contribution is 0.0719. The molecule has 0 radical (unpaired) electrons. The van der Waals surface area contributed by atoms with Crippen LogP contribution in [0.2, 0.25) is 0 Å². The van der Waals surface area contributed by atoms with E-state index in [4.69, 9.17) is 0 Å². The van der Waals surface area contributed by atoms with Crippen molar-refractivity contribution in [2.24, 2.45) is 0 Å². The Kier molecular flexibility index (Phi) is 3.18. The molecule has 0 spiro atoms. The van der Waals surface area contributed by atoms with E-state index >= 15 is 0 Å². The topological polar surface area (TPSA) is 36.1 Å². The predicted octanol–water partition coefficient (Wildman–Crippen LogP) is 3.04. The van der Waals surface area contributed by atoms with E-state index in [0.29, 0.717) is 0 Å². The van der Waals surface area contributed by atoms with Crippen molar-refractivity contribution in [3.63, 3.8) is 0 Å². The number of benzene rings is 1. The summed E-state index contributed by atoms with van der Waals surface area (Å²) in [6.07, 6.45) is 1.87. The highest BCUT2D eigenvalue weighted by molar-refractivity contribution is 6.06. The number of carbonyl (C=O) groups is 1. The lowest BCUT2D eigenvalue weighted by Gasteiger charge is -2.25. The molecule has 0 bridgehead atoms. The second-order valence-electron chi connectivity index (χ2n) is 4.43. The van der Waals surface area contributed by atoms with Crippen LogP contribution in [0.1, 0.15) is 31.1 Å². The number of hydrogen-bond donors (Lipinski definition) is 1. The van der Waals surface area contributed by atoms with E-state index in [9.17, 15) is 4.79 Å². The van der Waals surface area contributed by atoms with E-state index in [0.717, 1.165) is 23.0 Å². The summed E-state index contributed by atoms with van der Waals surface area (Å²) >= 11 is 0. The van der Waals surface area contributed by atoms with Crippen LogP contribution in [-0.4, -0.2) is 28.4 Å². The molecule has 90 valence electrons. The number of fused-ring (bicyclic) bond motifs is 1. The van der Waals surface area contributed by atoms with Crippen LogP contribution in [0.3, 0.4) is 0 Å². The third-order valence-corrected chi connectivity index (χ3v) is 3.05. The van der Waals surface area contributed by atoms with Crippen LogP contribution < -0.4 is 0 Å². The second kappa shape index (κ2) is 4.62. The molecule has 0 aliphatic heterocycles. The molecule has 3 heteroatoms. The maximum Gasteiger partial charge on any atom is 0.254 e. The first-order chi connectivity index (χ1) is 8.15. The molecule has 1 amide bonds. The summed E-state index contributed by atoms with van der Waals surface area (Å²) in [5.74, 6) is 0.104. The normalized spacial score (nSPS) is 11.1. The smallest absolute Gasteiger partial charge is 0.254 e. The van der Waals surface area contributed by atoms with Crippen molar-refractivity contribution in [2.45, 2.75) is 26.8 Å². The van der Waals surface area contributed by atoms with Crippen LogP contribution in [0.4, 0.5) is 0 Å². The molecule has 1 aromatic carbocycles. The zero-order valence-electron chi connectivity index (χ0n) is 10.5. The van der Waals surface area contributed by atoms with Crippen molar-refractivity contribution in [1.29, 1.82) is 0 Å². The van der Waals surface area contributed by atoms with E-state index in [1.54, 1.807) is 0 Å². The van der Waals surface area contributed by atoms with Crippen molar-refractivity contribution in [2.75, 3.05) is 6.54 Å². The van der Waals surface area contributed by atoms with E-state index in [1.807, 2.05) is 56.1 Å². The second-order valence-corrected chi connectivity index (χ2v) is 4.43. The number of aromatic amines is 1. The van der Waals surface area contributed by atoms with E-state index < -0.39 is 0 Å². The number of rotatable bonds is 3. The molecule has 0 atom stereocenters. The number of carbonyl (C=O) groups excluding carboxylic acids is 1. The fourth-order valence-corrected chi connectivity index (χ4v) is 2.17. The molecule has 0 unspecified atom stereocenters. The van der Waals surface area contributed by atoms with Gasteiger partial charge in [-0.25, -0.2) is 0 Å². The van der Waals surface area contributed by atoms with Gasteiger partial charge in [-0.15, -0.1) is 0 Å². The molecule has 1 N–H and O–H groups in total. The van der Waals surface area contributed by atoms with Gasteiger partial charge in [-0.2, -0.15) is 0 Å². The van der Waals surface area contributed by atoms with Crippen LogP contribution in [-0.2, 0) is 0 Å². The van der Waals surface area contributed by atoms with Crippen LogP contribution in [0.25, 0.3) is 10.9 Å². The standard InChI is InChI=1S/C14H18N2O/c1-4-16(10(2)3)14(17)12-6-5-7-13-11(12)8-9-15-13/h5-10,15H,4H2,1-3H3. The Balaban J connectivity index is 2.45. The molecule has 3 nitrogen and oxygen atoms in total. The average molecular weight is 230 g/mol. The minimum atomic E-state index is 0.104. The molecule has 2 aromatic rings. The van der Waals surface area contributed by atoms with Crippen LogP contribution >= 0.6 is 0 Å². The Morgan fingerprint density at radius 1 is 1.35 bits per heavy atom. The zero-order chi connectivity index (χ0) is 12.4. The van der Waals surface area contributed by atoms with Gasteiger partial charge < -0.3 is 9.88 Å². The third-order valence-electron chi connectivity index (χ3n) is 3.05. The van der Waals surface area contributed by atoms with Gasteiger partial charge in [0.2, 0.25) is 0 Å². The largest absolute Gasteiger partial charge is 0.361 e. The molecule has 0 fully saturated rings. The molecule has 1 heterocycles. The Morgan fingerprint density at radius 3 is 2.76 bits per heavy atom. The molecule has 2 rings (SSSR count). The minimum Gasteiger partial charge on any atom is -0.361 e. The summed E-state index contributed by atoms with van der Waals surface area (Å²) in [5.41, 5.74) is 1.79. The Bertz CT molecular complexity index is 528. The van der Waals surface area contributed by atoms with Gasteiger partial charge >= 0.3 is 0 Å². The van der Waals surface area contributed by atoms with Crippen LogP contribution in [0.15, 0.2) is 30.5 Å². The highest BCUT2D eigenvalue weighted by Crippen LogP contribution is 2.19. The summed E-state index contributed by atoms with van der Waals surface area (Å²) in [7, 11) is 0. The van der Waals surface area contributed by atoms with Gasteiger partial charge in [-0.3, -0.25) is 4.79 Å². The summed E-state index contributed by atoms with van der Waals surface area (Å²) < 4.78 is 0. The quantitative estimate of drug-likeness (QED) is 0.864. The SMILES string of the molecule is CCN(C(=O)c1cccc2[nH]ccc12)C(C)C. The fraction of sp³-hybridized carbons (Fsp3) is 0.357. The molecule has 0 aliphatic carbocycles. The van der Waals surface area contributed by atoms with Crippen molar-refractivity contribution in [3.8, 4) is 0 Å². The van der Waals surface area contributed by atoms with Crippen LogP contribution in [0.5, 0.6) is 0 Å². The zero-order valence-corrected chi connectivity index (χ0v) is 10.5. The molecular formula is C14H18N2O. The highest BCUT2D eigenvalue weighted by atomic mass is 16.2. The molecule has 0 saturated carbocycles. The predicted molar refractivity (Wildman–Crippen MR) is 70.1 cm³/mol. The molecular weight excluding hydrogens is 212 g/mol. The third kappa shape index (κ3) is 2.05. The first-order valence-electron chi connectivity index (χ1n) is 6.02. The summed E-state index contributed by atoms with van der Waals surface area (Å²) in [5, 5.41) is 0.997. The van der Waals surface area contributed by atoms with Gasteiger partial charge in [0.25, 0.3) is 5.91 Å². The molecule has 17 heavy (non-hydrogen) atoms. The maximum atomic E-state index is 12.4. The van der Waals surface area contributed by atoms with Gasteiger partial charge in [0.1, 0.15) is 0 Å². The first-order valence-corrected chi connectivity index (χ1v) is 6.02. The van der Waals surface area contributed by atoms with Crippen molar-refractivity contribution >= 4 is 16.8 Å². The number of H-pyrrole nitrogens is 1. The van der Waals surface area contributed by atoms with Gasteiger partial charge in [0, 0.05) is 35.2 Å². The van der Waals surface area contributed by atoms with Crippen molar-refractivity contribution < 1.29 is 4.79 Å². The monoisotopic (exact) mass is 230 g/mol. The minimum absolute atomic E-state index is 0.104. The maximum absolute atomic E-state index is 12.4. The van der Waals surface area contributed by atoms with Gasteiger partial charge in [0.15, 0.2) is 0 Å². The lowest BCUT2D eigenvalue weighted by atomic mass is 10.1. The summed E-state index contributed by atoms with van der Waals surface area (Å²) in [6.45, 7) is 6.82.